The first-order valence-corrected chi connectivity index (χ1v) is 9.63. The van der Waals surface area contributed by atoms with Crippen molar-refractivity contribution >= 4 is 22.4 Å². The molecule has 0 bridgehead atoms. The highest BCUT2D eigenvalue weighted by molar-refractivity contribution is 5.95. The molecule has 3 aromatic carbocycles. The van der Waals surface area contributed by atoms with Crippen molar-refractivity contribution in [1.29, 1.82) is 0 Å². The first-order valence-electron chi connectivity index (χ1n) is 9.63. The lowest BCUT2D eigenvalue weighted by Crippen LogP contribution is -2.14. The Labute approximate surface area is 163 Å². The van der Waals surface area contributed by atoms with Crippen molar-refractivity contribution in [1.82, 2.24) is 9.78 Å². The largest absolute Gasteiger partial charge is 0.323 e. The highest BCUT2D eigenvalue weighted by Gasteiger charge is 2.43. The lowest BCUT2D eigenvalue weighted by Gasteiger charge is -2.06. The number of aromatic nitrogens is 2. The van der Waals surface area contributed by atoms with Gasteiger partial charge in [0.2, 0.25) is 5.91 Å². The number of benzene rings is 3. The molecule has 1 N–H and O–H groups in total. The Hall–Kier alpha value is -3.40. The minimum atomic E-state index is 0.0591. The number of nitrogens with one attached hydrogen (secondary N) is 1. The molecule has 0 spiro atoms. The minimum Gasteiger partial charge on any atom is -0.323 e. The molecule has 138 valence electrons. The molecular formula is C24H21N3O. The zero-order valence-corrected chi connectivity index (χ0v) is 15.5. The van der Waals surface area contributed by atoms with Crippen molar-refractivity contribution in [3.8, 4) is 0 Å². The molecule has 1 fully saturated rings. The van der Waals surface area contributed by atoms with Gasteiger partial charge in [0.15, 0.2) is 0 Å². The highest BCUT2D eigenvalue weighted by Crippen LogP contribution is 2.47. The summed E-state index contributed by atoms with van der Waals surface area (Å²) in [5.41, 5.74) is 3.21. The Morgan fingerprint density at radius 2 is 1.79 bits per heavy atom. The van der Waals surface area contributed by atoms with E-state index in [4.69, 9.17) is 0 Å². The summed E-state index contributed by atoms with van der Waals surface area (Å²) in [4.78, 5) is 12.6. The molecule has 1 aliphatic rings. The maximum absolute atomic E-state index is 12.6. The normalized spacial score (nSPS) is 18.1. The third kappa shape index (κ3) is 3.29. The van der Waals surface area contributed by atoms with Gasteiger partial charge in [-0.25, -0.2) is 0 Å². The second-order valence-electron chi connectivity index (χ2n) is 7.41. The number of fused-ring (bicyclic) bond motifs is 1. The molecule has 1 heterocycles. The van der Waals surface area contributed by atoms with Gasteiger partial charge in [-0.05, 0) is 34.2 Å². The van der Waals surface area contributed by atoms with Crippen LogP contribution in [0.1, 0.15) is 23.5 Å². The Morgan fingerprint density at radius 3 is 2.68 bits per heavy atom. The molecule has 1 amide bonds. The number of carbonyl (C=O) groups excluding carboxylic acids is 1. The molecule has 0 saturated heterocycles. The molecule has 28 heavy (non-hydrogen) atoms. The monoisotopic (exact) mass is 367 g/mol. The van der Waals surface area contributed by atoms with Crippen molar-refractivity contribution in [2.24, 2.45) is 5.92 Å². The molecule has 1 saturated carbocycles. The van der Waals surface area contributed by atoms with Gasteiger partial charge in [0.1, 0.15) is 0 Å². The van der Waals surface area contributed by atoms with E-state index in [-0.39, 0.29) is 11.8 Å². The van der Waals surface area contributed by atoms with Gasteiger partial charge in [-0.1, -0.05) is 72.8 Å². The summed E-state index contributed by atoms with van der Waals surface area (Å²) in [6, 6.07) is 24.9. The van der Waals surface area contributed by atoms with Crippen molar-refractivity contribution in [2.75, 3.05) is 5.32 Å². The average Bonchev–Trinajstić information content (AvgIpc) is 3.43. The predicted octanol–water partition coefficient (Wildman–Crippen LogP) is 4.83. The number of carbonyl (C=O) groups is 1. The van der Waals surface area contributed by atoms with Crippen LogP contribution < -0.4 is 5.32 Å². The van der Waals surface area contributed by atoms with Gasteiger partial charge < -0.3 is 5.32 Å². The van der Waals surface area contributed by atoms with Crippen LogP contribution in [-0.2, 0) is 11.3 Å². The SMILES string of the molecule is O=C(Nc1cnn(Cc2cccc3ccccc23)c1)[C@@H]1C[C@H]1c1ccccc1. The van der Waals surface area contributed by atoms with E-state index >= 15 is 0 Å². The van der Waals surface area contributed by atoms with Crippen LogP contribution in [0.25, 0.3) is 10.8 Å². The molecular weight excluding hydrogens is 346 g/mol. The van der Waals surface area contributed by atoms with E-state index in [9.17, 15) is 4.79 Å². The van der Waals surface area contributed by atoms with Crippen molar-refractivity contribution < 1.29 is 4.79 Å². The third-order valence-corrected chi connectivity index (χ3v) is 5.47. The molecule has 2 atom stereocenters. The summed E-state index contributed by atoms with van der Waals surface area (Å²) < 4.78 is 1.87. The molecule has 4 aromatic rings. The van der Waals surface area contributed by atoms with Crippen molar-refractivity contribution in [2.45, 2.75) is 18.9 Å². The van der Waals surface area contributed by atoms with E-state index in [0.29, 0.717) is 12.5 Å². The maximum Gasteiger partial charge on any atom is 0.228 e. The summed E-state index contributed by atoms with van der Waals surface area (Å²) in [7, 11) is 0. The summed E-state index contributed by atoms with van der Waals surface area (Å²) in [5, 5.41) is 9.91. The number of hydrogen-bond acceptors (Lipinski definition) is 2. The van der Waals surface area contributed by atoms with Crippen LogP contribution in [-0.4, -0.2) is 15.7 Å². The zero-order chi connectivity index (χ0) is 18.9. The molecule has 4 heteroatoms. The van der Waals surface area contributed by atoms with Crippen molar-refractivity contribution in [3.63, 3.8) is 0 Å². The Morgan fingerprint density at radius 1 is 1.00 bits per heavy atom. The summed E-state index contributed by atoms with van der Waals surface area (Å²) >= 11 is 0. The van der Waals surface area contributed by atoms with Crippen LogP contribution in [0.2, 0.25) is 0 Å². The molecule has 0 aliphatic heterocycles. The smallest absolute Gasteiger partial charge is 0.228 e. The lowest BCUT2D eigenvalue weighted by atomic mass is 10.0. The van der Waals surface area contributed by atoms with E-state index in [1.165, 1.54) is 21.9 Å². The Balaban J connectivity index is 1.26. The minimum absolute atomic E-state index is 0.0591. The van der Waals surface area contributed by atoms with Crippen molar-refractivity contribution in [3.05, 3.63) is 96.3 Å². The van der Waals surface area contributed by atoms with Crippen LogP contribution >= 0.6 is 0 Å². The highest BCUT2D eigenvalue weighted by atomic mass is 16.2. The molecule has 0 radical (unpaired) electrons. The van der Waals surface area contributed by atoms with E-state index in [1.807, 2.05) is 35.1 Å². The maximum atomic E-state index is 12.6. The summed E-state index contributed by atoms with van der Waals surface area (Å²) in [6.45, 7) is 0.674. The third-order valence-electron chi connectivity index (χ3n) is 5.47. The molecule has 1 aliphatic carbocycles. The number of rotatable bonds is 5. The number of amides is 1. The van der Waals surface area contributed by atoms with Crippen LogP contribution in [0.4, 0.5) is 5.69 Å². The van der Waals surface area contributed by atoms with Gasteiger partial charge in [-0.15, -0.1) is 0 Å². The topological polar surface area (TPSA) is 46.9 Å². The fourth-order valence-corrected chi connectivity index (χ4v) is 3.91. The van der Waals surface area contributed by atoms with Gasteiger partial charge in [-0.3, -0.25) is 9.48 Å². The van der Waals surface area contributed by atoms with Gasteiger partial charge in [0, 0.05) is 12.1 Å². The lowest BCUT2D eigenvalue weighted by molar-refractivity contribution is -0.117. The van der Waals surface area contributed by atoms with E-state index in [1.54, 1.807) is 6.20 Å². The standard InChI is InChI=1S/C24H21N3O/c28-24(23-13-22(23)18-7-2-1-3-8-18)26-20-14-25-27(16-20)15-19-11-6-10-17-9-4-5-12-21(17)19/h1-12,14,16,22-23H,13,15H2,(H,26,28)/t22-,23+/m0/s1. The zero-order valence-electron chi connectivity index (χ0n) is 15.5. The second kappa shape index (κ2) is 6.97. The molecule has 0 unspecified atom stereocenters. The van der Waals surface area contributed by atoms with Crippen LogP contribution in [0, 0.1) is 5.92 Å². The molecule has 1 aromatic heterocycles. The fourth-order valence-electron chi connectivity index (χ4n) is 3.91. The Kier molecular flexibility index (Phi) is 4.17. The number of nitrogens with zero attached hydrogens (tertiary/aromatic N) is 2. The summed E-state index contributed by atoms with van der Waals surface area (Å²) in [5.74, 6) is 0.481. The quantitative estimate of drug-likeness (QED) is 0.549. The van der Waals surface area contributed by atoms with Crippen LogP contribution in [0.3, 0.4) is 0 Å². The van der Waals surface area contributed by atoms with Crippen LogP contribution in [0.5, 0.6) is 0 Å². The fraction of sp³-hybridized carbons (Fsp3) is 0.167. The first kappa shape index (κ1) is 16.8. The predicted molar refractivity (Wildman–Crippen MR) is 111 cm³/mol. The molecule has 5 rings (SSSR count). The number of hydrogen-bond donors (Lipinski definition) is 1. The first-order chi connectivity index (χ1) is 13.8. The summed E-state index contributed by atoms with van der Waals surface area (Å²) in [6.07, 6.45) is 4.54. The van der Waals surface area contributed by atoms with E-state index in [2.05, 4.69) is 58.9 Å². The Bertz CT molecular complexity index is 1130. The van der Waals surface area contributed by atoms with Gasteiger partial charge >= 0.3 is 0 Å². The molecule has 4 nitrogen and oxygen atoms in total. The van der Waals surface area contributed by atoms with Gasteiger partial charge in [0.05, 0.1) is 18.4 Å². The van der Waals surface area contributed by atoms with E-state index < -0.39 is 0 Å². The van der Waals surface area contributed by atoms with E-state index in [0.717, 1.165) is 12.1 Å². The van der Waals surface area contributed by atoms with Gasteiger partial charge in [0.25, 0.3) is 0 Å². The second-order valence-corrected chi connectivity index (χ2v) is 7.41. The van der Waals surface area contributed by atoms with Crippen LogP contribution in [0.15, 0.2) is 85.2 Å². The van der Waals surface area contributed by atoms with Gasteiger partial charge in [-0.2, -0.15) is 5.10 Å². The number of anilines is 1. The average molecular weight is 367 g/mol.